The van der Waals surface area contributed by atoms with Gasteiger partial charge < -0.3 is 14.9 Å². The highest BCUT2D eigenvalue weighted by molar-refractivity contribution is 7.87. The van der Waals surface area contributed by atoms with Crippen molar-refractivity contribution in [3.05, 3.63) is 0 Å². The number of hydrogen-bond donors (Lipinski definition) is 4. The maximum atomic E-state index is 10.8. The smallest absolute Gasteiger partial charge is 0.292 e. The normalized spacial score (nSPS) is 16.7. The molecule has 0 amide bonds. The molecule has 0 radical (unpaired) electrons. The molecule has 0 spiro atoms. The molecule has 0 aliphatic rings. The molecule has 9 nitrogen and oxygen atoms in total. The van der Waals surface area contributed by atoms with Crippen LogP contribution in [-0.2, 0) is 25.0 Å². The van der Waals surface area contributed by atoms with Gasteiger partial charge in [0.1, 0.15) is 0 Å². The summed E-state index contributed by atoms with van der Waals surface area (Å²) in [6.45, 7) is -1.36. The molecule has 0 aromatic carbocycles. The first-order valence-corrected chi connectivity index (χ1v) is 7.43. The van der Waals surface area contributed by atoms with Crippen LogP contribution in [0.4, 0.5) is 0 Å². The van der Waals surface area contributed by atoms with Crippen LogP contribution in [0.15, 0.2) is 0 Å². The molecule has 0 fully saturated rings. The lowest BCUT2D eigenvalue weighted by atomic mass is 10.4. The summed E-state index contributed by atoms with van der Waals surface area (Å²) in [7, 11) is -9.48. The average Bonchev–Trinajstić information content (AvgIpc) is 2.12. The maximum Gasteiger partial charge on any atom is 0.292 e. The molecule has 0 aromatic rings. The van der Waals surface area contributed by atoms with E-state index in [1.54, 1.807) is 0 Å². The minimum atomic E-state index is -4.74. The van der Waals surface area contributed by atoms with Crippen molar-refractivity contribution in [2.75, 3.05) is 13.2 Å². The Morgan fingerprint density at radius 3 is 1.29 bits per heavy atom. The van der Waals surface area contributed by atoms with Gasteiger partial charge in [-0.2, -0.15) is 16.8 Å². The molecular weight excluding hydrogens is 280 g/mol. The number of rotatable bonds is 8. The van der Waals surface area contributed by atoms with Crippen molar-refractivity contribution in [3.63, 3.8) is 0 Å². The minimum Gasteiger partial charge on any atom is -0.396 e. The standard InChI is InChI=1S/C6H14O9S2/c7-3-1-5(16(9,10)11)15-6(2-4-8)17(12,13)14/h5-8H,1-4H2,(H,9,10,11)(H,12,13,14). The Labute approximate surface area is 98.5 Å². The minimum absolute atomic E-state index is 0.573. The zero-order valence-electron chi connectivity index (χ0n) is 8.63. The van der Waals surface area contributed by atoms with E-state index in [1.807, 2.05) is 0 Å². The quantitative estimate of drug-likeness (QED) is 0.378. The summed E-state index contributed by atoms with van der Waals surface area (Å²) < 4.78 is 64.9. The van der Waals surface area contributed by atoms with E-state index in [9.17, 15) is 16.8 Å². The van der Waals surface area contributed by atoms with Crippen LogP contribution in [0.3, 0.4) is 0 Å². The topological polar surface area (TPSA) is 158 Å². The Kier molecular flexibility index (Phi) is 6.47. The monoisotopic (exact) mass is 294 g/mol. The van der Waals surface area contributed by atoms with Gasteiger partial charge in [-0.1, -0.05) is 0 Å². The van der Waals surface area contributed by atoms with Gasteiger partial charge in [0.05, 0.1) is 0 Å². The number of aliphatic hydroxyl groups excluding tert-OH is 2. The van der Waals surface area contributed by atoms with Crippen LogP contribution in [-0.4, -0.2) is 60.2 Å². The second-order valence-electron chi connectivity index (χ2n) is 3.05. The summed E-state index contributed by atoms with van der Waals surface area (Å²) in [5, 5.41) is 17.1. The number of aliphatic hydroxyl groups is 2. The van der Waals surface area contributed by atoms with Gasteiger partial charge >= 0.3 is 0 Å². The van der Waals surface area contributed by atoms with E-state index in [4.69, 9.17) is 19.3 Å². The predicted molar refractivity (Wildman–Crippen MR) is 55.2 cm³/mol. The van der Waals surface area contributed by atoms with Gasteiger partial charge in [0, 0.05) is 26.1 Å². The fourth-order valence-corrected chi connectivity index (χ4v) is 2.38. The Hall–Kier alpha value is -0.300. The third-order valence-electron chi connectivity index (χ3n) is 1.70. The lowest BCUT2D eigenvalue weighted by molar-refractivity contribution is 0.0403. The van der Waals surface area contributed by atoms with Gasteiger partial charge in [0.25, 0.3) is 20.2 Å². The molecule has 11 heteroatoms. The summed E-state index contributed by atoms with van der Waals surface area (Å²) in [4.78, 5) is 0. The Bertz CT molecular complexity index is 371. The number of hydrogen-bond acceptors (Lipinski definition) is 7. The third kappa shape index (κ3) is 6.26. The summed E-state index contributed by atoms with van der Waals surface area (Å²) in [5.74, 6) is 0. The molecule has 0 saturated heterocycles. The highest BCUT2D eigenvalue weighted by Crippen LogP contribution is 2.15. The van der Waals surface area contributed by atoms with Crippen molar-refractivity contribution >= 4 is 20.2 Å². The summed E-state index contributed by atoms with van der Waals surface area (Å²) in [5.41, 5.74) is -3.99. The molecule has 2 unspecified atom stereocenters. The van der Waals surface area contributed by atoms with Gasteiger partial charge in [0.2, 0.25) is 0 Å². The van der Waals surface area contributed by atoms with Crippen LogP contribution in [0.2, 0.25) is 0 Å². The Morgan fingerprint density at radius 1 is 0.824 bits per heavy atom. The maximum absolute atomic E-state index is 10.8. The Balaban J connectivity index is 4.94. The van der Waals surface area contributed by atoms with Gasteiger partial charge in [0.15, 0.2) is 10.9 Å². The van der Waals surface area contributed by atoms with Crippen LogP contribution in [0.25, 0.3) is 0 Å². The highest BCUT2D eigenvalue weighted by Gasteiger charge is 2.32. The van der Waals surface area contributed by atoms with E-state index in [0.29, 0.717) is 0 Å². The summed E-state index contributed by atoms with van der Waals surface area (Å²) in [6.07, 6.45) is -1.15. The van der Waals surface area contributed by atoms with E-state index in [2.05, 4.69) is 4.74 Å². The van der Waals surface area contributed by atoms with Crippen molar-refractivity contribution in [2.45, 2.75) is 23.7 Å². The van der Waals surface area contributed by atoms with Crippen molar-refractivity contribution in [1.29, 1.82) is 0 Å². The molecule has 0 heterocycles. The molecule has 0 aromatic heterocycles. The number of ether oxygens (including phenoxy) is 1. The second kappa shape index (κ2) is 6.58. The van der Waals surface area contributed by atoms with Gasteiger partial charge in [-0.05, 0) is 0 Å². The van der Waals surface area contributed by atoms with Gasteiger partial charge in [-0.15, -0.1) is 0 Å². The molecule has 0 saturated carbocycles. The van der Waals surface area contributed by atoms with E-state index >= 15 is 0 Å². The van der Waals surface area contributed by atoms with E-state index in [-0.39, 0.29) is 0 Å². The van der Waals surface area contributed by atoms with Gasteiger partial charge in [-0.25, -0.2) is 0 Å². The SMILES string of the molecule is O=S(=O)(O)C(CCO)OC(CCO)S(=O)(=O)O. The summed E-state index contributed by atoms with van der Waals surface area (Å²) >= 11 is 0. The molecule has 0 rings (SSSR count). The van der Waals surface area contributed by atoms with E-state index < -0.39 is 57.2 Å². The molecule has 104 valence electrons. The third-order valence-corrected chi connectivity index (χ3v) is 3.72. The zero-order valence-corrected chi connectivity index (χ0v) is 10.3. The van der Waals surface area contributed by atoms with Crippen molar-refractivity contribution in [3.8, 4) is 0 Å². The average molecular weight is 294 g/mol. The molecule has 4 N–H and O–H groups in total. The van der Waals surface area contributed by atoms with Crippen LogP contribution in [0.5, 0.6) is 0 Å². The molecule has 0 bridgehead atoms. The van der Waals surface area contributed by atoms with Crippen LogP contribution in [0.1, 0.15) is 12.8 Å². The zero-order chi connectivity index (χ0) is 13.7. The van der Waals surface area contributed by atoms with Crippen LogP contribution >= 0.6 is 0 Å². The first kappa shape index (κ1) is 16.7. The Morgan fingerprint density at radius 2 is 1.12 bits per heavy atom. The molecule has 2 atom stereocenters. The largest absolute Gasteiger partial charge is 0.396 e. The lowest BCUT2D eigenvalue weighted by Crippen LogP contribution is -2.35. The fourth-order valence-electron chi connectivity index (χ4n) is 0.954. The van der Waals surface area contributed by atoms with E-state index in [1.165, 1.54) is 0 Å². The van der Waals surface area contributed by atoms with Crippen molar-refractivity contribution < 1.29 is 40.9 Å². The van der Waals surface area contributed by atoms with E-state index in [0.717, 1.165) is 0 Å². The van der Waals surface area contributed by atoms with Crippen LogP contribution in [0, 0.1) is 0 Å². The first-order valence-electron chi connectivity index (χ1n) is 4.42. The fraction of sp³-hybridized carbons (Fsp3) is 1.00. The first-order chi connectivity index (χ1) is 7.62. The molecule has 0 aliphatic carbocycles. The summed E-state index contributed by atoms with van der Waals surface area (Å²) in [6, 6.07) is 0. The lowest BCUT2D eigenvalue weighted by Gasteiger charge is -2.19. The van der Waals surface area contributed by atoms with Gasteiger partial charge in [-0.3, -0.25) is 9.11 Å². The highest BCUT2D eigenvalue weighted by atomic mass is 32.2. The van der Waals surface area contributed by atoms with Crippen molar-refractivity contribution in [1.82, 2.24) is 0 Å². The second-order valence-corrected chi connectivity index (χ2v) is 6.16. The van der Waals surface area contributed by atoms with Crippen molar-refractivity contribution in [2.24, 2.45) is 0 Å². The molecule has 17 heavy (non-hydrogen) atoms. The predicted octanol–water partition coefficient (Wildman–Crippen LogP) is -1.80. The van der Waals surface area contributed by atoms with Crippen LogP contribution < -0.4 is 0 Å². The molecule has 0 aliphatic heterocycles. The molecular formula is C6H14O9S2.